The second-order valence-electron chi connectivity index (χ2n) is 13.5. The predicted octanol–water partition coefficient (Wildman–Crippen LogP) is 14.9. The first-order valence-electron chi connectivity index (χ1n) is 17.8. The second-order valence-corrected chi connectivity index (χ2v) is 14.6. The van der Waals surface area contributed by atoms with Crippen LogP contribution in [-0.2, 0) is 0 Å². The van der Waals surface area contributed by atoms with Crippen LogP contribution in [0.15, 0.2) is 186 Å². The van der Waals surface area contributed by atoms with Gasteiger partial charge in [0.25, 0.3) is 0 Å². The van der Waals surface area contributed by atoms with E-state index >= 15 is 0 Å². The number of fused-ring (bicyclic) bond motifs is 8. The Morgan fingerprint density at radius 3 is 1.50 bits per heavy atom. The van der Waals surface area contributed by atoms with Gasteiger partial charge in [0.1, 0.15) is 11.3 Å². The molecule has 0 fully saturated rings. The summed E-state index contributed by atoms with van der Waals surface area (Å²) in [4.78, 5) is 0. The summed E-state index contributed by atoms with van der Waals surface area (Å²) < 4.78 is 9.60. The Labute approximate surface area is 304 Å². The normalized spacial score (nSPS) is 11.8. The Morgan fingerprint density at radius 1 is 0.308 bits per heavy atom. The third kappa shape index (κ3) is 4.35. The molecule has 0 aliphatic heterocycles. The summed E-state index contributed by atoms with van der Waals surface area (Å²) in [5.74, 6) is 0.894. The third-order valence-electron chi connectivity index (χ3n) is 10.7. The average molecular weight is 679 g/mol. The zero-order valence-electron chi connectivity index (χ0n) is 28.1. The minimum atomic E-state index is 0.894. The molecule has 52 heavy (non-hydrogen) atoms. The van der Waals surface area contributed by atoms with Gasteiger partial charge in [-0.15, -0.1) is 11.3 Å². The lowest BCUT2D eigenvalue weighted by Gasteiger charge is -2.19. The highest BCUT2D eigenvalue weighted by molar-refractivity contribution is 7.25. The monoisotopic (exact) mass is 678 g/mol. The highest BCUT2D eigenvalue weighted by Crippen LogP contribution is 2.50. The smallest absolute Gasteiger partial charge is 0.143 e. The van der Waals surface area contributed by atoms with E-state index in [4.69, 9.17) is 4.42 Å². The van der Waals surface area contributed by atoms with Crippen molar-refractivity contribution >= 4 is 74.8 Å². The molecule has 0 aliphatic rings. The average Bonchev–Trinajstić information content (AvgIpc) is 3.79. The maximum atomic E-state index is 6.96. The molecule has 0 atom stereocenters. The largest absolute Gasteiger partial charge is 0.455 e. The van der Waals surface area contributed by atoms with Crippen LogP contribution < -0.4 is 0 Å². The second kappa shape index (κ2) is 11.5. The van der Waals surface area contributed by atoms with E-state index in [1.54, 1.807) is 0 Å². The van der Waals surface area contributed by atoms with Crippen molar-refractivity contribution in [2.45, 2.75) is 0 Å². The van der Waals surface area contributed by atoms with E-state index in [2.05, 4.69) is 182 Å². The zero-order chi connectivity index (χ0) is 34.2. The van der Waals surface area contributed by atoms with Gasteiger partial charge in [0.2, 0.25) is 0 Å². The first-order chi connectivity index (χ1) is 25.8. The molecule has 0 amide bonds. The highest BCUT2D eigenvalue weighted by atomic mass is 32.1. The minimum Gasteiger partial charge on any atom is -0.455 e. The molecular weight excluding hydrogens is 649 g/mol. The van der Waals surface area contributed by atoms with Crippen LogP contribution in [0.3, 0.4) is 0 Å². The van der Waals surface area contributed by atoms with Crippen LogP contribution >= 0.6 is 11.3 Å². The molecule has 2 heteroatoms. The lowest BCUT2D eigenvalue weighted by Crippen LogP contribution is -1.92. The topological polar surface area (TPSA) is 13.1 Å². The molecule has 0 radical (unpaired) electrons. The van der Waals surface area contributed by atoms with Crippen LogP contribution in [0.1, 0.15) is 0 Å². The van der Waals surface area contributed by atoms with Gasteiger partial charge in [-0.05, 0) is 79.0 Å². The number of benzene rings is 9. The van der Waals surface area contributed by atoms with Crippen molar-refractivity contribution in [2.75, 3.05) is 0 Å². The van der Waals surface area contributed by atoms with Crippen molar-refractivity contribution in [2.24, 2.45) is 0 Å². The van der Waals surface area contributed by atoms with Gasteiger partial charge in [-0.25, -0.2) is 0 Å². The Balaban J connectivity index is 1.27. The molecule has 2 aromatic heterocycles. The van der Waals surface area contributed by atoms with Crippen LogP contribution in [0.25, 0.3) is 108 Å². The number of thiophene rings is 1. The lowest BCUT2D eigenvalue weighted by molar-refractivity contribution is 0.636. The molecule has 2 heterocycles. The lowest BCUT2D eigenvalue weighted by atomic mass is 9.83. The van der Waals surface area contributed by atoms with E-state index in [1.165, 1.54) is 69.4 Å². The first-order valence-corrected chi connectivity index (χ1v) is 18.6. The van der Waals surface area contributed by atoms with Gasteiger partial charge < -0.3 is 4.42 Å². The molecule has 0 unspecified atom stereocenters. The van der Waals surface area contributed by atoms with E-state index in [0.717, 1.165) is 38.8 Å². The van der Waals surface area contributed by atoms with Crippen molar-refractivity contribution in [1.82, 2.24) is 0 Å². The van der Waals surface area contributed by atoms with Crippen molar-refractivity contribution in [1.29, 1.82) is 0 Å². The maximum Gasteiger partial charge on any atom is 0.143 e. The van der Waals surface area contributed by atoms with Crippen molar-refractivity contribution in [3.63, 3.8) is 0 Å². The van der Waals surface area contributed by atoms with Crippen LogP contribution in [-0.4, -0.2) is 0 Å². The Kier molecular flexibility index (Phi) is 6.49. The van der Waals surface area contributed by atoms with E-state index in [-0.39, 0.29) is 0 Å². The minimum absolute atomic E-state index is 0.894. The van der Waals surface area contributed by atoms with E-state index < -0.39 is 0 Å². The van der Waals surface area contributed by atoms with Gasteiger partial charge in [-0.1, -0.05) is 158 Å². The van der Waals surface area contributed by atoms with Crippen LogP contribution in [0.5, 0.6) is 0 Å². The molecule has 1 nitrogen and oxygen atoms in total. The number of hydrogen-bond acceptors (Lipinski definition) is 2. The zero-order valence-corrected chi connectivity index (χ0v) is 29.0. The van der Waals surface area contributed by atoms with Crippen molar-refractivity contribution in [3.8, 4) is 44.7 Å². The summed E-state index contributed by atoms with van der Waals surface area (Å²) in [6.45, 7) is 0. The van der Waals surface area contributed by atoms with Gasteiger partial charge in [0, 0.05) is 42.1 Å². The van der Waals surface area contributed by atoms with Gasteiger partial charge >= 0.3 is 0 Å². The molecule has 0 spiro atoms. The number of furan rings is 1. The third-order valence-corrected chi connectivity index (χ3v) is 11.8. The summed E-state index contributed by atoms with van der Waals surface area (Å²) in [5.41, 5.74) is 9.21. The first kappa shape index (κ1) is 29.3. The summed E-state index contributed by atoms with van der Waals surface area (Å²) >= 11 is 1.87. The molecule has 11 rings (SSSR count). The van der Waals surface area contributed by atoms with Crippen LogP contribution in [0, 0.1) is 0 Å². The van der Waals surface area contributed by atoms with Crippen molar-refractivity contribution in [3.05, 3.63) is 182 Å². The molecule has 0 bridgehead atoms. The van der Waals surface area contributed by atoms with Crippen LogP contribution in [0.2, 0.25) is 0 Å². The van der Waals surface area contributed by atoms with E-state index in [9.17, 15) is 0 Å². The summed E-state index contributed by atoms with van der Waals surface area (Å²) in [5, 5.41) is 11.0. The molecule has 0 saturated heterocycles. The fourth-order valence-electron chi connectivity index (χ4n) is 8.42. The summed E-state index contributed by atoms with van der Waals surface area (Å²) in [6, 6.07) is 66.1. The molecule has 242 valence electrons. The summed E-state index contributed by atoms with van der Waals surface area (Å²) in [7, 11) is 0. The Morgan fingerprint density at radius 2 is 0.827 bits per heavy atom. The fraction of sp³-hybridized carbons (Fsp3) is 0. The molecular formula is C50H30OS. The standard InChI is InChI=1S/C50H30OS/c1-3-15-31(16-4-1)47-43-30-42(34-19-7-12-25-40(34)50(43)51-49(47)32-17-5-2-6-18-32)48-38-23-10-8-21-36(38)46(37-22-9-11-24-39(37)48)33-27-28-45-41(29-33)35-20-13-14-26-44(35)52-45/h1-30H. The Hall–Kier alpha value is -6.48. The molecule has 0 saturated carbocycles. The molecule has 0 aliphatic carbocycles. The number of rotatable bonds is 4. The van der Waals surface area contributed by atoms with Gasteiger partial charge in [-0.3, -0.25) is 0 Å². The van der Waals surface area contributed by atoms with Crippen LogP contribution in [0.4, 0.5) is 0 Å². The molecule has 9 aromatic carbocycles. The van der Waals surface area contributed by atoms with Crippen molar-refractivity contribution < 1.29 is 4.42 Å². The maximum absolute atomic E-state index is 6.96. The van der Waals surface area contributed by atoms with E-state index in [0.29, 0.717) is 0 Å². The SMILES string of the molecule is c1ccc(-c2oc3c(cc(-c4c5ccccc5c(-c5ccc6sc7ccccc7c6c5)c5ccccc45)c4ccccc43)c2-c2ccccc2)cc1. The van der Waals surface area contributed by atoms with E-state index in [1.807, 2.05) is 11.3 Å². The van der Waals surface area contributed by atoms with Gasteiger partial charge in [0.05, 0.1) is 0 Å². The fourth-order valence-corrected chi connectivity index (χ4v) is 9.51. The van der Waals surface area contributed by atoms with Gasteiger partial charge in [-0.2, -0.15) is 0 Å². The molecule has 0 N–H and O–H groups in total. The Bertz CT molecular complexity index is 3110. The molecule has 11 aromatic rings. The van der Waals surface area contributed by atoms with Gasteiger partial charge in [0.15, 0.2) is 0 Å². The summed E-state index contributed by atoms with van der Waals surface area (Å²) in [6.07, 6.45) is 0. The highest BCUT2D eigenvalue weighted by Gasteiger charge is 2.24. The predicted molar refractivity (Wildman–Crippen MR) is 223 cm³/mol. The number of hydrogen-bond donors (Lipinski definition) is 0. The quantitative estimate of drug-likeness (QED) is 0.169.